The Kier molecular flexibility index (Phi) is 5.71. The van der Waals surface area contributed by atoms with E-state index in [4.69, 9.17) is 10.5 Å². The fourth-order valence-electron chi connectivity index (χ4n) is 3.19. The summed E-state index contributed by atoms with van der Waals surface area (Å²) < 4.78 is 7.19. The molecule has 1 saturated heterocycles. The van der Waals surface area contributed by atoms with Gasteiger partial charge in [-0.3, -0.25) is 4.68 Å². The highest BCUT2D eigenvalue weighted by atomic mass is 16.6. The first-order valence-electron chi connectivity index (χ1n) is 9.54. The minimum Gasteiger partial charge on any atom is -0.444 e. The van der Waals surface area contributed by atoms with Crippen molar-refractivity contribution in [3.8, 4) is 11.1 Å². The van der Waals surface area contributed by atoms with Crippen molar-refractivity contribution in [1.29, 1.82) is 0 Å². The Hall–Kier alpha value is -2.84. The van der Waals surface area contributed by atoms with Crippen molar-refractivity contribution in [2.24, 2.45) is 13.0 Å². The highest BCUT2D eigenvalue weighted by Gasteiger charge is 2.27. The maximum Gasteiger partial charge on any atom is 0.410 e. The second-order valence-corrected chi connectivity index (χ2v) is 8.18. The zero-order chi connectivity index (χ0) is 20.3. The molecule has 9 nitrogen and oxygen atoms in total. The van der Waals surface area contributed by atoms with Crippen molar-refractivity contribution < 1.29 is 9.53 Å². The number of carbonyl (C=O) groups excluding carboxylic acids is 1. The Bertz CT molecular complexity index is 820. The van der Waals surface area contributed by atoms with Crippen LogP contribution >= 0.6 is 0 Å². The molecule has 2 aromatic rings. The molecule has 3 N–H and O–H groups in total. The normalized spacial score (nSPS) is 15.5. The Balaban J connectivity index is 1.57. The van der Waals surface area contributed by atoms with Gasteiger partial charge >= 0.3 is 6.09 Å². The number of anilines is 2. The molecule has 1 amide bonds. The van der Waals surface area contributed by atoms with E-state index in [-0.39, 0.29) is 12.0 Å². The number of amides is 1. The summed E-state index contributed by atoms with van der Waals surface area (Å²) in [6, 6.07) is 0. The molecule has 152 valence electrons. The first kappa shape index (κ1) is 19.9. The molecule has 0 saturated carbocycles. The number of hydrogen-bond acceptors (Lipinski definition) is 7. The molecule has 0 atom stereocenters. The van der Waals surface area contributed by atoms with Crippen molar-refractivity contribution in [3.63, 3.8) is 0 Å². The lowest BCUT2D eigenvalue weighted by Gasteiger charge is -2.33. The van der Waals surface area contributed by atoms with Gasteiger partial charge in [-0.2, -0.15) is 10.1 Å². The van der Waals surface area contributed by atoms with Crippen LogP contribution in [0.3, 0.4) is 0 Å². The molecule has 2 aromatic heterocycles. The average Bonchev–Trinajstić information content (AvgIpc) is 3.05. The van der Waals surface area contributed by atoms with Crippen molar-refractivity contribution in [3.05, 3.63) is 18.6 Å². The predicted molar refractivity (Wildman–Crippen MR) is 108 cm³/mol. The number of nitrogen functional groups attached to an aromatic ring is 1. The van der Waals surface area contributed by atoms with Gasteiger partial charge in [0.1, 0.15) is 11.4 Å². The van der Waals surface area contributed by atoms with Crippen LogP contribution in [0.5, 0.6) is 0 Å². The third-order valence-electron chi connectivity index (χ3n) is 4.65. The van der Waals surface area contributed by atoms with Crippen LogP contribution in [0.25, 0.3) is 11.1 Å². The number of ether oxygens (including phenoxy) is 1. The van der Waals surface area contributed by atoms with Crippen LogP contribution in [0.2, 0.25) is 0 Å². The monoisotopic (exact) mass is 387 g/mol. The van der Waals surface area contributed by atoms with Gasteiger partial charge in [-0.15, -0.1) is 0 Å². The molecule has 1 aliphatic rings. The second-order valence-electron chi connectivity index (χ2n) is 8.18. The summed E-state index contributed by atoms with van der Waals surface area (Å²) in [6.45, 7) is 7.80. The maximum atomic E-state index is 12.2. The summed E-state index contributed by atoms with van der Waals surface area (Å²) in [5.41, 5.74) is 7.12. The van der Waals surface area contributed by atoms with E-state index in [2.05, 4.69) is 20.4 Å². The van der Waals surface area contributed by atoms with Crippen molar-refractivity contribution in [1.82, 2.24) is 24.6 Å². The molecule has 0 aliphatic carbocycles. The molecular formula is C19H29N7O2. The number of aryl methyl sites for hydroxylation is 1. The standard InChI is InChI=1S/C19H29N7O2/c1-19(2,3)28-18(27)26-7-5-13(6-8-26)9-21-16-15(11-22-17(20)24-16)14-10-23-25(4)12-14/h10-13H,5-9H2,1-4H3,(H3,20,21,22,24). The van der Waals surface area contributed by atoms with Gasteiger partial charge in [0.25, 0.3) is 0 Å². The van der Waals surface area contributed by atoms with E-state index in [9.17, 15) is 4.79 Å². The molecule has 0 spiro atoms. The van der Waals surface area contributed by atoms with E-state index >= 15 is 0 Å². The van der Waals surface area contributed by atoms with Crippen LogP contribution in [0.15, 0.2) is 18.6 Å². The summed E-state index contributed by atoms with van der Waals surface area (Å²) >= 11 is 0. The fraction of sp³-hybridized carbons (Fsp3) is 0.579. The molecule has 1 aliphatic heterocycles. The molecule has 3 rings (SSSR count). The van der Waals surface area contributed by atoms with Crippen LogP contribution in [-0.4, -0.2) is 56.0 Å². The molecule has 0 radical (unpaired) electrons. The van der Waals surface area contributed by atoms with Gasteiger partial charge in [-0.05, 0) is 39.5 Å². The van der Waals surface area contributed by atoms with Gasteiger partial charge in [0.2, 0.25) is 5.95 Å². The number of nitrogens with two attached hydrogens (primary N) is 1. The van der Waals surface area contributed by atoms with Crippen molar-refractivity contribution in [2.75, 3.05) is 30.7 Å². The van der Waals surface area contributed by atoms with Gasteiger partial charge in [0.05, 0.1) is 6.20 Å². The molecule has 28 heavy (non-hydrogen) atoms. The summed E-state index contributed by atoms with van der Waals surface area (Å²) in [7, 11) is 1.87. The van der Waals surface area contributed by atoms with E-state index in [0.717, 1.165) is 30.5 Å². The van der Waals surface area contributed by atoms with E-state index < -0.39 is 5.60 Å². The molecule has 0 bridgehead atoms. The lowest BCUT2D eigenvalue weighted by molar-refractivity contribution is 0.0188. The molecule has 0 aromatic carbocycles. The number of piperidine rings is 1. The number of rotatable bonds is 4. The largest absolute Gasteiger partial charge is 0.444 e. The van der Waals surface area contributed by atoms with Crippen LogP contribution in [0.1, 0.15) is 33.6 Å². The average molecular weight is 387 g/mol. The minimum absolute atomic E-state index is 0.231. The molecular weight excluding hydrogens is 358 g/mol. The number of nitrogens with one attached hydrogen (secondary N) is 1. The molecule has 9 heteroatoms. The summed E-state index contributed by atoms with van der Waals surface area (Å²) in [4.78, 5) is 22.4. The van der Waals surface area contributed by atoms with Crippen molar-refractivity contribution >= 4 is 17.9 Å². The van der Waals surface area contributed by atoms with Crippen LogP contribution in [0.4, 0.5) is 16.6 Å². The fourth-order valence-corrected chi connectivity index (χ4v) is 3.19. The lowest BCUT2D eigenvalue weighted by atomic mass is 9.97. The summed E-state index contributed by atoms with van der Waals surface area (Å²) in [5, 5.41) is 7.62. The number of nitrogens with zero attached hydrogens (tertiary/aromatic N) is 5. The van der Waals surface area contributed by atoms with Crippen LogP contribution < -0.4 is 11.1 Å². The van der Waals surface area contributed by atoms with Gasteiger partial charge in [0.15, 0.2) is 0 Å². The smallest absolute Gasteiger partial charge is 0.410 e. The minimum atomic E-state index is -0.467. The quantitative estimate of drug-likeness (QED) is 0.829. The van der Waals surface area contributed by atoms with Gasteiger partial charge in [-0.1, -0.05) is 0 Å². The summed E-state index contributed by atoms with van der Waals surface area (Å²) in [5.74, 6) is 1.38. The number of hydrogen-bond donors (Lipinski definition) is 2. The first-order valence-corrected chi connectivity index (χ1v) is 9.54. The zero-order valence-electron chi connectivity index (χ0n) is 17.0. The number of aromatic nitrogens is 4. The SMILES string of the molecule is Cn1cc(-c2cnc(N)nc2NCC2CCN(C(=O)OC(C)(C)C)CC2)cn1. The van der Waals surface area contributed by atoms with Crippen LogP contribution in [0, 0.1) is 5.92 Å². The van der Waals surface area contributed by atoms with Gasteiger partial charge < -0.3 is 20.7 Å². The van der Waals surface area contributed by atoms with Crippen LogP contribution in [-0.2, 0) is 11.8 Å². The molecule has 3 heterocycles. The second kappa shape index (κ2) is 8.04. The Morgan fingerprint density at radius 3 is 2.64 bits per heavy atom. The predicted octanol–water partition coefficient (Wildman–Crippen LogP) is 2.52. The Morgan fingerprint density at radius 2 is 2.04 bits per heavy atom. The van der Waals surface area contributed by atoms with E-state index in [1.165, 1.54) is 0 Å². The lowest BCUT2D eigenvalue weighted by Crippen LogP contribution is -2.42. The molecule has 0 unspecified atom stereocenters. The number of carbonyl (C=O) groups is 1. The first-order chi connectivity index (χ1) is 13.2. The van der Waals surface area contributed by atoms with Gasteiger partial charge in [-0.25, -0.2) is 9.78 Å². The Labute approximate surface area is 165 Å². The third kappa shape index (κ3) is 5.11. The highest BCUT2D eigenvalue weighted by Crippen LogP contribution is 2.27. The summed E-state index contributed by atoms with van der Waals surface area (Å²) in [6.07, 6.45) is 7.00. The Morgan fingerprint density at radius 1 is 1.32 bits per heavy atom. The maximum absolute atomic E-state index is 12.2. The number of likely N-dealkylation sites (tertiary alicyclic amines) is 1. The third-order valence-corrected chi connectivity index (χ3v) is 4.65. The zero-order valence-corrected chi connectivity index (χ0v) is 17.0. The van der Waals surface area contributed by atoms with E-state index in [0.29, 0.717) is 24.8 Å². The molecule has 1 fully saturated rings. The van der Waals surface area contributed by atoms with Crippen molar-refractivity contribution in [2.45, 2.75) is 39.2 Å². The highest BCUT2D eigenvalue weighted by molar-refractivity contribution is 5.74. The van der Waals surface area contributed by atoms with Gasteiger partial charge in [0, 0.05) is 50.2 Å². The van der Waals surface area contributed by atoms with E-state index in [1.54, 1.807) is 22.0 Å². The van der Waals surface area contributed by atoms with E-state index in [1.807, 2.05) is 34.0 Å². The topological polar surface area (TPSA) is 111 Å².